The molecule has 144 valence electrons. The summed E-state index contributed by atoms with van der Waals surface area (Å²) in [6.45, 7) is 3.82. The molecule has 1 aliphatic heterocycles. The van der Waals surface area contributed by atoms with Crippen molar-refractivity contribution in [3.8, 4) is 11.5 Å². The number of imide groups is 2. The lowest BCUT2D eigenvalue weighted by molar-refractivity contribution is -0.122. The molecular weight excluding hydrogens is 360 g/mol. The molecule has 0 bridgehead atoms. The highest BCUT2D eigenvalue weighted by Crippen LogP contribution is 2.29. The summed E-state index contributed by atoms with van der Waals surface area (Å²) in [5.74, 6) is -0.449. The summed E-state index contributed by atoms with van der Waals surface area (Å²) in [6.07, 6.45) is 1.42. The topological polar surface area (TPSA) is 84.9 Å². The Morgan fingerprint density at radius 3 is 2.25 bits per heavy atom. The van der Waals surface area contributed by atoms with Crippen LogP contribution in [-0.2, 0) is 9.59 Å². The molecule has 1 heterocycles. The third-order valence-electron chi connectivity index (χ3n) is 4.57. The zero-order chi connectivity index (χ0) is 20.4. The number of anilines is 1. The molecule has 7 heteroatoms. The van der Waals surface area contributed by atoms with Crippen molar-refractivity contribution in [3.63, 3.8) is 0 Å². The van der Waals surface area contributed by atoms with E-state index >= 15 is 0 Å². The molecule has 0 atom stereocenters. The van der Waals surface area contributed by atoms with E-state index in [1.807, 2.05) is 19.9 Å². The number of hydrogen-bond donors (Lipinski definition) is 1. The number of hydrogen-bond acceptors (Lipinski definition) is 5. The first-order valence-corrected chi connectivity index (χ1v) is 8.56. The SMILES string of the molecule is COc1ccc(C=C2C(=O)NC(=O)N(c3ccc(C)c(C)c3)C2=O)cc1OC. The van der Waals surface area contributed by atoms with Gasteiger partial charge in [0.05, 0.1) is 19.9 Å². The number of benzene rings is 2. The largest absolute Gasteiger partial charge is 0.493 e. The Labute approximate surface area is 162 Å². The minimum Gasteiger partial charge on any atom is -0.493 e. The second-order valence-electron chi connectivity index (χ2n) is 6.34. The van der Waals surface area contributed by atoms with Crippen molar-refractivity contribution in [1.29, 1.82) is 0 Å². The number of barbiturate groups is 1. The van der Waals surface area contributed by atoms with Crippen molar-refractivity contribution in [2.24, 2.45) is 0 Å². The molecule has 1 fully saturated rings. The van der Waals surface area contributed by atoms with E-state index in [0.29, 0.717) is 22.7 Å². The number of nitrogens with zero attached hydrogens (tertiary/aromatic N) is 1. The van der Waals surface area contributed by atoms with E-state index < -0.39 is 17.8 Å². The standard InChI is InChI=1S/C21H20N2O5/c1-12-5-7-15(9-13(12)2)23-20(25)16(19(24)22-21(23)26)10-14-6-8-17(27-3)18(11-14)28-4/h5-11H,1-4H3,(H,22,24,26). The number of urea groups is 1. The molecular formula is C21H20N2O5. The van der Waals surface area contributed by atoms with Crippen molar-refractivity contribution in [2.75, 3.05) is 19.1 Å². The van der Waals surface area contributed by atoms with Gasteiger partial charge in [-0.2, -0.15) is 0 Å². The number of rotatable bonds is 4. The molecule has 2 aromatic carbocycles. The Balaban J connectivity index is 2.02. The van der Waals surface area contributed by atoms with Gasteiger partial charge in [0.1, 0.15) is 5.57 Å². The zero-order valence-electron chi connectivity index (χ0n) is 16.0. The maximum absolute atomic E-state index is 12.9. The Hall–Kier alpha value is -3.61. The summed E-state index contributed by atoms with van der Waals surface area (Å²) in [5.41, 5.74) is 2.78. The van der Waals surface area contributed by atoms with Gasteiger partial charge in [0.25, 0.3) is 11.8 Å². The molecule has 4 amide bonds. The van der Waals surface area contributed by atoms with Gasteiger partial charge in [-0.25, -0.2) is 9.69 Å². The van der Waals surface area contributed by atoms with Gasteiger partial charge in [-0.15, -0.1) is 0 Å². The normalized spacial score (nSPS) is 15.6. The molecule has 1 N–H and O–H groups in total. The van der Waals surface area contributed by atoms with E-state index in [-0.39, 0.29) is 5.57 Å². The van der Waals surface area contributed by atoms with E-state index in [1.54, 1.807) is 30.3 Å². The molecule has 1 aliphatic rings. The summed E-state index contributed by atoms with van der Waals surface area (Å²) in [6, 6.07) is 9.44. The van der Waals surface area contributed by atoms with E-state index in [2.05, 4.69) is 5.32 Å². The minimum atomic E-state index is -0.775. The first-order valence-electron chi connectivity index (χ1n) is 8.56. The summed E-state index contributed by atoms with van der Waals surface area (Å²) in [4.78, 5) is 38.5. The van der Waals surface area contributed by atoms with Crippen molar-refractivity contribution >= 4 is 29.6 Å². The lowest BCUT2D eigenvalue weighted by Gasteiger charge is -2.26. The average molecular weight is 380 g/mol. The van der Waals surface area contributed by atoms with Crippen LogP contribution in [0.25, 0.3) is 6.08 Å². The van der Waals surface area contributed by atoms with Crippen LogP contribution >= 0.6 is 0 Å². The molecule has 0 saturated carbocycles. The van der Waals surface area contributed by atoms with Gasteiger partial charge in [-0.05, 0) is 60.9 Å². The van der Waals surface area contributed by atoms with E-state index in [0.717, 1.165) is 16.0 Å². The molecule has 28 heavy (non-hydrogen) atoms. The molecule has 0 aromatic heterocycles. The van der Waals surface area contributed by atoms with Crippen LogP contribution in [0.5, 0.6) is 11.5 Å². The Morgan fingerprint density at radius 1 is 0.893 bits per heavy atom. The van der Waals surface area contributed by atoms with Crippen LogP contribution in [0.4, 0.5) is 10.5 Å². The fraction of sp³-hybridized carbons (Fsp3) is 0.190. The van der Waals surface area contributed by atoms with Crippen LogP contribution in [0.15, 0.2) is 42.0 Å². The maximum atomic E-state index is 12.9. The summed E-state index contributed by atoms with van der Waals surface area (Å²) < 4.78 is 10.4. The van der Waals surface area contributed by atoms with Crippen molar-refractivity contribution in [3.05, 3.63) is 58.7 Å². The van der Waals surface area contributed by atoms with Crippen LogP contribution in [0, 0.1) is 13.8 Å². The number of methoxy groups -OCH3 is 2. The number of carbonyl (C=O) groups is 3. The van der Waals surface area contributed by atoms with Gasteiger partial charge >= 0.3 is 6.03 Å². The second kappa shape index (κ2) is 7.56. The van der Waals surface area contributed by atoms with Gasteiger partial charge in [0.2, 0.25) is 0 Å². The number of amides is 4. The Bertz CT molecular complexity index is 1010. The fourth-order valence-electron chi connectivity index (χ4n) is 2.87. The maximum Gasteiger partial charge on any atom is 0.335 e. The molecule has 0 spiro atoms. The van der Waals surface area contributed by atoms with Crippen molar-refractivity contribution in [2.45, 2.75) is 13.8 Å². The number of nitrogens with one attached hydrogen (secondary N) is 1. The first kappa shape index (κ1) is 19.2. The summed E-state index contributed by atoms with van der Waals surface area (Å²) >= 11 is 0. The van der Waals surface area contributed by atoms with E-state index in [1.165, 1.54) is 20.3 Å². The molecule has 0 unspecified atom stereocenters. The predicted octanol–water partition coefficient (Wildman–Crippen LogP) is 2.99. The fourth-order valence-corrected chi connectivity index (χ4v) is 2.87. The van der Waals surface area contributed by atoms with Gasteiger partial charge in [-0.3, -0.25) is 14.9 Å². The molecule has 0 radical (unpaired) electrons. The predicted molar refractivity (Wildman–Crippen MR) is 104 cm³/mol. The van der Waals surface area contributed by atoms with Gasteiger partial charge < -0.3 is 9.47 Å². The third kappa shape index (κ3) is 3.46. The van der Waals surface area contributed by atoms with Crippen LogP contribution in [0.2, 0.25) is 0 Å². The minimum absolute atomic E-state index is 0.148. The average Bonchev–Trinajstić information content (AvgIpc) is 2.67. The van der Waals surface area contributed by atoms with Crippen LogP contribution in [-0.4, -0.2) is 32.1 Å². The Kier molecular flexibility index (Phi) is 5.17. The van der Waals surface area contributed by atoms with Crippen molar-refractivity contribution < 1.29 is 23.9 Å². The highest BCUT2D eigenvalue weighted by Gasteiger charge is 2.36. The third-order valence-corrected chi connectivity index (χ3v) is 4.57. The summed E-state index contributed by atoms with van der Waals surface area (Å²) in [7, 11) is 3.01. The summed E-state index contributed by atoms with van der Waals surface area (Å²) in [5, 5.41) is 2.22. The number of ether oxygens (including phenoxy) is 2. The highest BCUT2D eigenvalue weighted by atomic mass is 16.5. The molecule has 3 rings (SSSR count). The smallest absolute Gasteiger partial charge is 0.335 e. The second-order valence-corrected chi connectivity index (χ2v) is 6.34. The molecule has 7 nitrogen and oxygen atoms in total. The number of carbonyl (C=O) groups excluding carboxylic acids is 3. The van der Waals surface area contributed by atoms with Crippen LogP contribution < -0.4 is 19.7 Å². The quantitative estimate of drug-likeness (QED) is 0.651. The van der Waals surface area contributed by atoms with Gasteiger partial charge in [-0.1, -0.05) is 12.1 Å². The van der Waals surface area contributed by atoms with Gasteiger partial charge in [0, 0.05) is 0 Å². The van der Waals surface area contributed by atoms with Crippen molar-refractivity contribution in [1.82, 2.24) is 5.32 Å². The molecule has 1 saturated heterocycles. The monoisotopic (exact) mass is 380 g/mol. The zero-order valence-corrected chi connectivity index (χ0v) is 16.0. The van der Waals surface area contributed by atoms with E-state index in [4.69, 9.17) is 9.47 Å². The first-order chi connectivity index (χ1) is 13.3. The lowest BCUT2D eigenvalue weighted by atomic mass is 10.0. The van der Waals surface area contributed by atoms with Crippen LogP contribution in [0.1, 0.15) is 16.7 Å². The molecule has 2 aromatic rings. The van der Waals surface area contributed by atoms with Crippen LogP contribution in [0.3, 0.4) is 0 Å². The van der Waals surface area contributed by atoms with E-state index in [9.17, 15) is 14.4 Å². The van der Waals surface area contributed by atoms with Gasteiger partial charge in [0.15, 0.2) is 11.5 Å². The molecule has 0 aliphatic carbocycles. The number of aryl methyl sites for hydroxylation is 2. The highest BCUT2D eigenvalue weighted by molar-refractivity contribution is 6.39. The Morgan fingerprint density at radius 2 is 1.61 bits per heavy atom. The lowest BCUT2D eigenvalue weighted by Crippen LogP contribution is -2.54.